The fourth-order valence-corrected chi connectivity index (χ4v) is 5.23. The van der Waals surface area contributed by atoms with E-state index in [-0.39, 0.29) is 29.1 Å². The fourth-order valence-electron chi connectivity index (χ4n) is 3.69. The Kier molecular flexibility index (Phi) is 9.88. The van der Waals surface area contributed by atoms with Gasteiger partial charge in [-0.25, -0.2) is 12.8 Å². The standard InChI is InChI=1S/C28H31ClFN3O4S/c1-4-20(2)31-28(35)21(3)32(18-22-10-12-23(29)13-11-22)27(34)19-33(25-8-6-5-7-9-25)38(36,37)26-16-14-24(30)15-17-26/h5-17,20-21H,4,18-19H2,1-3H3,(H,31,35). The van der Waals surface area contributed by atoms with Gasteiger partial charge in [-0.1, -0.05) is 48.9 Å². The predicted molar refractivity (Wildman–Crippen MR) is 147 cm³/mol. The lowest BCUT2D eigenvalue weighted by Crippen LogP contribution is -2.52. The summed E-state index contributed by atoms with van der Waals surface area (Å²) in [5.41, 5.74) is 0.979. The van der Waals surface area contributed by atoms with Crippen molar-refractivity contribution < 1.29 is 22.4 Å². The van der Waals surface area contributed by atoms with Crippen molar-refractivity contribution in [3.8, 4) is 0 Å². The molecule has 0 fully saturated rings. The van der Waals surface area contributed by atoms with Crippen molar-refractivity contribution in [2.24, 2.45) is 0 Å². The molecule has 3 rings (SSSR count). The zero-order valence-electron chi connectivity index (χ0n) is 21.5. The van der Waals surface area contributed by atoms with E-state index in [1.54, 1.807) is 61.5 Å². The van der Waals surface area contributed by atoms with Gasteiger partial charge in [-0.2, -0.15) is 0 Å². The van der Waals surface area contributed by atoms with E-state index < -0.39 is 34.3 Å². The molecule has 3 aromatic carbocycles. The highest BCUT2D eigenvalue weighted by molar-refractivity contribution is 7.92. The maximum absolute atomic E-state index is 13.8. The lowest BCUT2D eigenvalue weighted by Gasteiger charge is -2.32. The molecule has 0 aliphatic carbocycles. The summed E-state index contributed by atoms with van der Waals surface area (Å²) >= 11 is 6.01. The molecule has 0 heterocycles. The summed E-state index contributed by atoms with van der Waals surface area (Å²) < 4.78 is 41.7. The molecule has 7 nitrogen and oxygen atoms in total. The molecule has 38 heavy (non-hydrogen) atoms. The first-order chi connectivity index (χ1) is 18.0. The quantitative estimate of drug-likeness (QED) is 0.358. The molecular weight excluding hydrogens is 529 g/mol. The number of hydrogen-bond donors (Lipinski definition) is 1. The van der Waals surface area contributed by atoms with Crippen molar-refractivity contribution in [2.45, 2.75) is 50.7 Å². The van der Waals surface area contributed by atoms with Crippen molar-refractivity contribution in [3.63, 3.8) is 0 Å². The van der Waals surface area contributed by atoms with Crippen LogP contribution >= 0.6 is 11.6 Å². The number of rotatable bonds is 11. The molecule has 0 saturated heterocycles. The number of halogens is 2. The van der Waals surface area contributed by atoms with Gasteiger partial charge in [0.2, 0.25) is 11.8 Å². The molecule has 2 amide bonds. The van der Waals surface area contributed by atoms with Crippen molar-refractivity contribution >= 4 is 39.1 Å². The van der Waals surface area contributed by atoms with Crippen LogP contribution in [0.1, 0.15) is 32.8 Å². The number of nitrogens with one attached hydrogen (secondary N) is 1. The van der Waals surface area contributed by atoms with Crippen LogP contribution in [0.2, 0.25) is 5.02 Å². The van der Waals surface area contributed by atoms with Crippen LogP contribution in [0.3, 0.4) is 0 Å². The second-order valence-corrected chi connectivity index (χ2v) is 11.2. The highest BCUT2D eigenvalue weighted by atomic mass is 35.5. The minimum Gasteiger partial charge on any atom is -0.352 e. The number of benzene rings is 3. The average Bonchev–Trinajstić information content (AvgIpc) is 2.91. The third-order valence-corrected chi connectivity index (χ3v) is 8.20. The van der Waals surface area contributed by atoms with Crippen molar-refractivity contribution in [3.05, 3.63) is 95.3 Å². The first-order valence-corrected chi connectivity index (χ1v) is 14.0. The molecule has 0 aliphatic heterocycles. The summed E-state index contributed by atoms with van der Waals surface area (Å²) in [6.45, 7) is 4.89. The van der Waals surface area contributed by atoms with Gasteiger partial charge in [0.25, 0.3) is 10.0 Å². The predicted octanol–water partition coefficient (Wildman–Crippen LogP) is 5.01. The third kappa shape index (κ3) is 7.33. The molecule has 2 unspecified atom stereocenters. The number of carbonyl (C=O) groups excluding carboxylic acids is 2. The summed E-state index contributed by atoms with van der Waals surface area (Å²) in [4.78, 5) is 28.0. The number of para-hydroxylation sites is 1. The zero-order chi connectivity index (χ0) is 27.9. The van der Waals surface area contributed by atoms with Crippen LogP contribution in [-0.2, 0) is 26.2 Å². The molecule has 0 radical (unpaired) electrons. The summed E-state index contributed by atoms with van der Waals surface area (Å²) in [6.07, 6.45) is 0.710. The second kappa shape index (κ2) is 12.9. The molecule has 0 bridgehead atoms. The first-order valence-electron chi connectivity index (χ1n) is 12.2. The molecule has 2 atom stereocenters. The van der Waals surface area contributed by atoms with Crippen molar-refractivity contribution in [1.82, 2.24) is 10.2 Å². The number of nitrogens with zero attached hydrogens (tertiary/aromatic N) is 2. The Hall–Kier alpha value is -3.43. The lowest BCUT2D eigenvalue weighted by molar-refractivity contribution is -0.139. The van der Waals surface area contributed by atoms with E-state index in [4.69, 9.17) is 11.6 Å². The van der Waals surface area contributed by atoms with Crippen LogP contribution < -0.4 is 9.62 Å². The second-order valence-electron chi connectivity index (χ2n) is 8.94. The van der Waals surface area contributed by atoms with Gasteiger partial charge in [0.1, 0.15) is 18.4 Å². The fraction of sp³-hybridized carbons (Fsp3) is 0.286. The Morgan fingerprint density at radius 3 is 2.13 bits per heavy atom. The van der Waals surface area contributed by atoms with Gasteiger partial charge in [-0.15, -0.1) is 0 Å². The van der Waals surface area contributed by atoms with Gasteiger partial charge in [0.05, 0.1) is 10.6 Å². The van der Waals surface area contributed by atoms with Gasteiger partial charge >= 0.3 is 0 Å². The molecule has 0 aliphatic rings. The topological polar surface area (TPSA) is 86.8 Å². The highest BCUT2D eigenvalue weighted by Gasteiger charge is 2.32. The normalized spacial score (nSPS) is 12.9. The number of carbonyl (C=O) groups is 2. The Labute approximate surface area is 228 Å². The molecule has 0 saturated carbocycles. The van der Waals surface area contributed by atoms with Gasteiger partial charge in [0, 0.05) is 17.6 Å². The molecule has 0 aromatic heterocycles. The van der Waals surface area contributed by atoms with Gasteiger partial charge in [0.15, 0.2) is 0 Å². The smallest absolute Gasteiger partial charge is 0.264 e. The first kappa shape index (κ1) is 29.1. The monoisotopic (exact) mass is 559 g/mol. The van der Waals surface area contributed by atoms with Crippen LogP contribution in [-0.4, -0.2) is 43.8 Å². The van der Waals surface area contributed by atoms with E-state index in [0.717, 1.165) is 34.1 Å². The van der Waals surface area contributed by atoms with E-state index in [0.29, 0.717) is 11.4 Å². The van der Waals surface area contributed by atoms with E-state index in [1.165, 1.54) is 4.90 Å². The Balaban J connectivity index is 1.99. The molecule has 202 valence electrons. The summed E-state index contributed by atoms with van der Waals surface area (Å²) in [6, 6.07) is 18.4. The molecule has 1 N–H and O–H groups in total. The maximum Gasteiger partial charge on any atom is 0.264 e. The summed E-state index contributed by atoms with van der Waals surface area (Å²) in [5.74, 6) is -1.52. The Morgan fingerprint density at radius 1 is 0.947 bits per heavy atom. The van der Waals surface area contributed by atoms with Crippen molar-refractivity contribution in [2.75, 3.05) is 10.8 Å². The van der Waals surface area contributed by atoms with Crippen molar-refractivity contribution in [1.29, 1.82) is 0 Å². The number of sulfonamides is 1. The minimum absolute atomic E-state index is 0.0598. The van der Waals surface area contributed by atoms with Gasteiger partial charge in [-0.3, -0.25) is 13.9 Å². The highest BCUT2D eigenvalue weighted by Crippen LogP contribution is 2.25. The summed E-state index contributed by atoms with van der Waals surface area (Å²) in [5, 5.41) is 3.41. The number of anilines is 1. The largest absolute Gasteiger partial charge is 0.352 e. The molecule has 3 aromatic rings. The third-order valence-electron chi connectivity index (χ3n) is 6.16. The number of hydrogen-bond acceptors (Lipinski definition) is 4. The Morgan fingerprint density at radius 2 is 1.55 bits per heavy atom. The van der Waals surface area contributed by atoms with Crippen LogP contribution in [0, 0.1) is 5.82 Å². The van der Waals surface area contributed by atoms with E-state index in [1.807, 2.05) is 13.8 Å². The maximum atomic E-state index is 13.8. The van der Waals surface area contributed by atoms with E-state index >= 15 is 0 Å². The van der Waals surface area contributed by atoms with E-state index in [2.05, 4.69) is 5.32 Å². The minimum atomic E-state index is -4.25. The number of amides is 2. The molecule has 0 spiro atoms. The van der Waals surface area contributed by atoms with Crippen LogP contribution in [0.5, 0.6) is 0 Å². The SMILES string of the molecule is CCC(C)NC(=O)C(C)N(Cc1ccc(Cl)cc1)C(=O)CN(c1ccccc1)S(=O)(=O)c1ccc(F)cc1. The summed E-state index contributed by atoms with van der Waals surface area (Å²) in [7, 11) is -4.25. The average molecular weight is 560 g/mol. The molecular formula is C28H31ClFN3O4S. The van der Waals surface area contributed by atoms with Crippen LogP contribution in [0.25, 0.3) is 0 Å². The van der Waals surface area contributed by atoms with Gasteiger partial charge in [-0.05, 0) is 74.4 Å². The van der Waals surface area contributed by atoms with Crippen LogP contribution in [0.15, 0.2) is 83.8 Å². The van der Waals surface area contributed by atoms with Crippen LogP contribution in [0.4, 0.5) is 10.1 Å². The molecule has 10 heteroatoms. The van der Waals surface area contributed by atoms with Gasteiger partial charge < -0.3 is 10.2 Å². The van der Waals surface area contributed by atoms with E-state index in [9.17, 15) is 22.4 Å². The Bertz CT molecular complexity index is 1340. The lowest BCUT2D eigenvalue weighted by atomic mass is 10.1. The zero-order valence-corrected chi connectivity index (χ0v) is 23.0.